The van der Waals surface area contributed by atoms with Gasteiger partial charge < -0.3 is 14.2 Å². The fourth-order valence-electron chi connectivity index (χ4n) is 1.57. The van der Waals surface area contributed by atoms with E-state index in [1.54, 1.807) is 0 Å². The van der Waals surface area contributed by atoms with Crippen molar-refractivity contribution in [2.24, 2.45) is 0 Å². The minimum absolute atomic E-state index is 0.115. The molecule has 1 saturated heterocycles. The average molecular weight is 202 g/mol. The fourth-order valence-corrected chi connectivity index (χ4v) is 1.57. The van der Waals surface area contributed by atoms with Crippen molar-refractivity contribution in [2.75, 3.05) is 13.2 Å². The average Bonchev–Trinajstić information content (AvgIpc) is 2.45. The largest absolute Gasteiger partial charge is 0.463 e. The topological polar surface area (TPSA) is 44.8 Å². The van der Waals surface area contributed by atoms with Gasteiger partial charge >= 0.3 is 5.97 Å². The van der Waals surface area contributed by atoms with Crippen molar-refractivity contribution in [3.8, 4) is 0 Å². The molecule has 0 radical (unpaired) electrons. The standard InChI is InChI=1S/C10H18O4/c1-4-5-10(3)13-7-9(14-10)6-12-8(2)11/h9H,4-7H2,1-3H3/t9-,10-/m1/s1. The van der Waals surface area contributed by atoms with Crippen LogP contribution in [-0.2, 0) is 19.0 Å². The summed E-state index contributed by atoms with van der Waals surface area (Å²) >= 11 is 0. The maximum Gasteiger partial charge on any atom is 0.302 e. The van der Waals surface area contributed by atoms with Crippen molar-refractivity contribution in [1.82, 2.24) is 0 Å². The van der Waals surface area contributed by atoms with E-state index in [-0.39, 0.29) is 18.7 Å². The summed E-state index contributed by atoms with van der Waals surface area (Å²) in [5.74, 6) is -0.766. The molecular weight excluding hydrogens is 184 g/mol. The number of rotatable bonds is 4. The lowest BCUT2D eigenvalue weighted by Gasteiger charge is -2.22. The number of hydrogen-bond donors (Lipinski definition) is 0. The van der Waals surface area contributed by atoms with Crippen LogP contribution in [0.2, 0.25) is 0 Å². The summed E-state index contributed by atoms with van der Waals surface area (Å²) in [6.07, 6.45) is 1.76. The molecule has 82 valence electrons. The van der Waals surface area contributed by atoms with Gasteiger partial charge in [-0.2, -0.15) is 0 Å². The molecule has 2 atom stereocenters. The third-order valence-corrected chi connectivity index (χ3v) is 2.17. The van der Waals surface area contributed by atoms with Gasteiger partial charge in [-0.15, -0.1) is 0 Å². The van der Waals surface area contributed by atoms with Crippen molar-refractivity contribution in [1.29, 1.82) is 0 Å². The number of hydrogen-bond acceptors (Lipinski definition) is 4. The summed E-state index contributed by atoms with van der Waals surface area (Å²) in [5, 5.41) is 0. The van der Waals surface area contributed by atoms with Gasteiger partial charge in [-0.3, -0.25) is 4.79 Å². The van der Waals surface area contributed by atoms with E-state index in [0.29, 0.717) is 6.61 Å². The van der Waals surface area contributed by atoms with Crippen LogP contribution in [0.25, 0.3) is 0 Å². The number of esters is 1. The normalized spacial score (nSPS) is 31.8. The lowest BCUT2D eigenvalue weighted by molar-refractivity contribution is -0.168. The van der Waals surface area contributed by atoms with Crippen molar-refractivity contribution in [3.63, 3.8) is 0 Å². The predicted molar refractivity (Wildman–Crippen MR) is 50.8 cm³/mol. The fraction of sp³-hybridized carbons (Fsp3) is 0.900. The summed E-state index contributed by atoms with van der Waals surface area (Å²) < 4.78 is 16.0. The quantitative estimate of drug-likeness (QED) is 0.648. The lowest BCUT2D eigenvalue weighted by Crippen LogP contribution is -2.28. The summed E-state index contributed by atoms with van der Waals surface area (Å²) in [5.41, 5.74) is 0. The Morgan fingerprint density at radius 1 is 1.64 bits per heavy atom. The van der Waals surface area contributed by atoms with Gasteiger partial charge in [-0.25, -0.2) is 0 Å². The molecule has 0 aromatic heterocycles. The smallest absolute Gasteiger partial charge is 0.302 e. The Bertz CT molecular complexity index is 204. The molecule has 0 spiro atoms. The summed E-state index contributed by atoms with van der Waals surface area (Å²) in [6.45, 7) is 6.18. The van der Waals surface area contributed by atoms with Gasteiger partial charge in [0.05, 0.1) is 6.61 Å². The lowest BCUT2D eigenvalue weighted by atomic mass is 10.2. The molecule has 1 rings (SSSR count). The molecule has 0 amide bonds. The zero-order valence-corrected chi connectivity index (χ0v) is 9.04. The Morgan fingerprint density at radius 2 is 2.36 bits per heavy atom. The van der Waals surface area contributed by atoms with Gasteiger partial charge in [0.25, 0.3) is 0 Å². The van der Waals surface area contributed by atoms with Crippen LogP contribution in [0.1, 0.15) is 33.6 Å². The van der Waals surface area contributed by atoms with Crippen molar-refractivity contribution < 1.29 is 19.0 Å². The second kappa shape index (κ2) is 4.75. The Kier molecular flexibility index (Phi) is 3.89. The first kappa shape index (κ1) is 11.5. The molecule has 4 heteroatoms. The zero-order valence-electron chi connectivity index (χ0n) is 9.04. The van der Waals surface area contributed by atoms with E-state index < -0.39 is 5.79 Å². The maximum absolute atomic E-state index is 10.6. The van der Waals surface area contributed by atoms with E-state index >= 15 is 0 Å². The second-order valence-corrected chi connectivity index (χ2v) is 3.74. The molecule has 0 aliphatic carbocycles. The van der Waals surface area contributed by atoms with Crippen LogP contribution < -0.4 is 0 Å². The number of ether oxygens (including phenoxy) is 3. The molecule has 14 heavy (non-hydrogen) atoms. The molecule has 1 aliphatic rings. The van der Waals surface area contributed by atoms with Crippen LogP contribution >= 0.6 is 0 Å². The molecule has 4 nitrogen and oxygen atoms in total. The molecule has 0 aromatic rings. The Balaban J connectivity index is 2.29. The zero-order chi connectivity index (χ0) is 10.6. The third-order valence-electron chi connectivity index (χ3n) is 2.17. The van der Waals surface area contributed by atoms with Crippen LogP contribution in [0, 0.1) is 0 Å². The summed E-state index contributed by atoms with van der Waals surface area (Å²) in [7, 11) is 0. The molecular formula is C10H18O4. The van der Waals surface area contributed by atoms with Crippen molar-refractivity contribution in [2.45, 2.75) is 45.5 Å². The molecule has 0 aromatic carbocycles. The highest BCUT2D eigenvalue weighted by Gasteiger charge is 2.36. The van der Waals surface area contributed by atoms with Gasteiger partial charge in [0.2, 0.25) is 0 Å². The number of carbonyl (C=O) groups excluding carboxylic acids is 1. The molecule has 1 heterocycles. The van der Waals surface area contributed by atoms with Crippen LogP contribution in [0.3, 0.4) is 0 Å². The molecule has 1 aliphatic heterocycles. The SMILES string of the molecule is CCC[C@]1(C)OC[C@@H](COC(C)=O)O1. The minimum Gasteiger partial charge on any atom is -0.463 e. The van der Waals surface area contributed by atoms with Gasteiger partial charge in [0.15, 0.2) is 5.79 Å². The van der Waals surface area contributed by atoms with Crippen LogP contribution in [0.15, 0.2) is 0 Å². The molecule has 0 unspecified atom stereocenters. The van der Waals surface area contributed by atoms with Crippen molar-refractivity contribution >= 4 is 5.97 Å². The highest BCUT2D eigenvalue weighted by Crippen LogP contribution is 2.27. The summed E-state index contributed by atoms with van der Waals surface area (Å²) in [6, 6.07) is 0. The Hall–Kier alpha value is -0.610. The van der Waals surface area contributed by atoms with Crippen LogP contribution in [0.5, 0.6) is 0 Å². The van der Waals surface area contributed by atoms with Gasteiger partial charge in [-0.1, -0.05) is 13.3 Å². The van der Waals surface area contributed by atoms with E-state index in [1.165, 1.54) is 6.92 Å². The maximum atomic E-state index is 10.6. The number of carbonyl (C=O) groups is 1. The van der Waals surface area contributed by atoms with Crippen molar-refractivity contribution in [3.05, 3.63) is 0 Å². The van der Waals surface area contributed by atoms with Gasteiger partial charge in [0, 0.05) is 13.3 Å². The first-order chi connectivity index (χ1) is 6.56. The molecule has 0 N–H and O–H groups in total. The van der Waals surface area contributed by atoms with Gasteiger partial charge in [0.1, 0.15) is 12.7 Å². The monoisotopic (exact) mass is 202 g/mol. The first-order valence-electron chi connectivity index (χ1n) is 5.01. The van der Waals surface area contributed by atoms with E-state index in [1.807, 2.05) is 6.92 Å². The van der Waals surface area contributed by atoms with Gasteiger partial charge in [-0.05, 0) is 6.92 Å². The van der Waals surface area contributed by atoms with E-state index in [0.717, 1.165) is 12.8 Å². The molecule has 1 fully saturated rings. The first-order valence-corrected chi connectivity index (χ1v) is 5.01. The highest BCUT2D eigenvalue weighted by molar-refractivity contribution is 5.65. The Labute approximate surface area is 84.5 Å². The molecule has 0 bridgehead atoms. The predicted octanol–water partition coefficient (Wildman–Crippen LogP) is 1.48. The third kappa shape index (κ3) is 3.27. The second-order valence-electron chi connectivity index (χ2n) is 3.74. The van der Waals surface area contributed by atoms with Crippen LogP contribution in [0.4, 0.5) is 0 Å². The van der Waals surface area contributed by atoms with E-state index in [9.17, 15) is 4.79 Å². The van der Waals surface area contributed by atoms with Crippen LogP contribution in [-0.4, -0.2) is 31.1 Å². The highest BCUT2D eigenvalue weighted by atomic mass is 16.7. The Morgan fingerprint density at radius 3 is 2.93 bits per heavy atom. The molecule has 0 saturated carbocycles. The summed E-state index contributed by atoms with van der Waals surface area (Å²) in [4.78, 5) is 10.6. The van der Waals surface area contributed by atoms with E-state index in [4.69, 9.17) is 14.2 Å². The minimum atomic E-state index is -0.487. The van der Waals surface area contributed by atoms with E-state index in [2.05, 4.69) is 6.92 Å².